The van der Waals surface area contributed by atoms with Crippen molar-refractivity contribution in [2.24, 2.45) is 0 Å². The smallest absolute Gasteiger partial charge is 0.230 e. The van der Waals surface area contributed by atoms with Crippen molar-refractivity contribution in [3.05, 3.63) is 114 Å². The predicted octanol–water partition coefficient (Wildman–Crippen LogP) is 10.9. The standard InChI is InChI=1S/C40H39N2O2.Pt/c1-24(2)27-17-28(25(3)4)19-29(18-27)26-15-16-41-35(23-26)31-20-30(21-32(22-31)40(5,6)7)33-12-10-14-37-38(33)42-39(44-37)34-11-8-9-13-36(34)43;/h8-19,21-25,43H,1-7H3;/q-1;. The summed E-state index contributed by atoms with van der Waals surface area (Å²) in [4.78, 5) is 9.68. The molecule has 5 heteroatoms. The third kappa shape index (κ3) is 6.67. The van der Waals surface area contributed by atoms with E-state index in [1.807, 2.05) is 30.5 Å². The number of oxazole rings is 1. The molecule has 6 rings (SSSR count). The van der Waals surface area contributed by atoms with Gasteiger partial charge in [0.15, 0.2) is 0 Å². The summed E-state index contributed by atoms with van der Waals surface area (Å²) in [7, 11) is 0. The zero-order chi connectivity index (χ0) is 31.2. The number of para-hydroxylation sites is 2. The minimum absolute atomic E-state index is 0. The summed E-state index contributed by atoms with van der Waals surface area (Å²) >= 11 is 0. The third-order valence-electron chi connectivity index (χ3n) is 8.26. The van der Waals surface area contributed by atoms with E-state index >= 15 is 0 Å². The Kier molecular flexibility index (Phi) is 9.19. The number of pyridine rings is 1. The van der Waals surface area contributed by atoms with Gasteiger partial charge in [0.05, 0.1) is 11.1 Å². The van der Waals surface area contributed by atoms with Gasteiger partial charge < -0.3 is 9.52 Å². The van der Waals surface area contributed by atoms with Gasteiger partial charge in [-0.2, -0.15) is 0 Å². The Morgan fingerprint density at radius 3 is 2.07 bits per heavy atom. The van der Waals surface area contributed by atoms with Gasteiger partial charge in [-0.25, -0.2) is 4.98 Å². The molecule has 1 N–H and O–H groups in total. The van der Waals surface area contributed by atoms with Crippen molar-refractivity contribution < 1.29 is 30.6 Å². The van der Waals surface area contributed by atoms with Gasteiger partial charge in [-0.15, -0.1) is 29.3 Å². The van der Waals surface area contributed by atoms with Crippen LogP contribution in [0.1, 0.15) is 77.0 Å². The van der Waals surface area contributed by atoms with E-state index in [2.05, 4.69) is 103 Å². The molecule has 4 nitrogen and oxygen atoms in total. The molecule has 0 aliphatic carbocycles. The fraction of sp³-hybridized carbons (Fsp3) is 0.250. The molecule has 45 heavy (non-hydrogen) atoms. The van der Waals surface area contributed by atoms with Crippen LogP contribution in [0.3, 0.4) is 0 Å². The van der Waals surface area contributed by atoms with Crippen molar-refractivity contribution in [3.8, 4) is 50.7 Å². The van der Waals surface area contributed by atoms with Crippen LogP contribution in [-0.2, 0) is 26.5 Å². The summed E-state index contributed by atoms with van der Waals surface area (Å²) in [6.45, 7) is 15.6. The molecule has 0 aliphatic heterocycles. The molecule has 0 saturated carbocycles. The van der Waals surface area contributed by atoms with Gasteiger partial charge in [-0.05, 0) is 63.8 Å². The van der Waals surface area contributed by atoms with Gasteiger partial charge in [0, 0.05) is 33.0 Å². The Morgan fingerprint density at radius 1 is 0.733 bits per heavy atom. The molecule has 2 heterocycles. The van der Waals surface area contributed by atoms with Crippen LogP contribution in [0.5, 0.6) is 5.75 Å². The number of phenolic OH excluding ortho intramolecular Hbond substituents is 1. The Labute approximate surface area is 280 Å². The van der Waals surface area contributed by atoms with Gasteiger partial charge in [0.2, 0.25) is 5.89 Å². The Morgan fingerprint density at radius 2 is 1.40 bits per heavy atom. The molecule has 0 unspecified atom stereocenters. The molecule has 0 amide bonds. The van der Waals surface area contributed by atoms with Crippen molar-refractivity contribution >= 4 is 11.1 Å². The monoisotopic (exact) mass is 774 g/mol. The molecular weight excluding hydrogens is 736 g/mol. The summed E-state index contributed by atoms with van der Waals surface area (Å²) in [5.41, 5.74) is 11.7. The summed E-state index contributed by atoms with van der Waals surface area (Å²) in [5, 5.41) is 10.4. The van der Waals surface area contributed by atoms with Crippen LogP contribution in [-0.4, -0.2) is 15.1 Å². The number of phenols is 1. The molecule has 6 aromatic rings. The second kappa shape index (κ2) is 12.8. The van der Waals surface area contributed by atoms with Crippen molar-refractivity contribution in [2.45, 2.75) is 65.7 Å². The van der Waals surface area contributed by atoms with E-state index in [0.717, 1.165) is 33.5 Å². The molecule has 4 aromatic carbocycles. The number of hydrogen-bond donors (Lipinski definition) is 1. The second-order valence-electron chi connectivity index (χ2n) is 13.3. The van der Waals surface area contributed by atoms with Gasteiger partial charge in [0.1, 0.15) is 11.3 Å². The Balaban J connectivity index is 0.00000400. The summed E-state index contributed by atoms with van der Waals surface area (Å²) in [6.07, 6.45) is 1.90. The van der Waals surface area contributed by atoms with Crippen LogP contribution in [0.15, 0.2) is 95.5 Å². The number of aromatic hydroxyl groups is 1. The van der Waals surface area contributed by atoms with Crippen LogP contribution in [0.4, 0.5) is 0 Å². The van der Waals surface area contributed by atoms with E-state index in [1.165, 1.54) is 22.3 Å². The summed E-state index contributed by atoms with van der Waals surface area (Å²) < 4.78 is 6.13. The van der Waals surface area contributed by atoms with E-state index < -0.39 is 0 Å². The average Bonchev–Trinajstić information content (AvgIpc) is 3.45. The normalized spacial score (nSPS) is 11.8. The molecule has 0 spiro atoms. The molecule has 2 aromatic heterocycles. The minimum atomic E-state index is -0.104. The molecule has 232 valence electrons. The van der Waals surface area contributed by atoms with E-state index in [9.17, 15) is 5.11 Å². The minimum Gasteiger partial charge on any atom is -0.507 e. The largest absolute Gasteiger partial charge is 0.507 e. The fourth-order valence-corrected chi connectivity index (χ4v) is 5.49. The van der Waals surface area contributed by atoms with Crippen molar-refractivity contribution in [1.82, 2.24) is 9.97 Å². The number of fused-ring (bicyclic) bond motifs is 1. The first kappa shape index (κ1) is 32.4. The van der Waals surface area contributed by atoms with E-state index in [4.69, 9.17) is 14.4 Å². The van der Waals surface area contributed by atoms with Gasteiger partial charge in [0.25, 0.3) is 0 Å². The number of rotatable bonds is 6. The maximum Gasteiger partial charge on any atom is 0.230 e. The maximum absolute atomic E-state index is 10.4. The Hall–Kier alpha value is -4.01. The van der Waals surface area contributed by atoms with Crippen LogP contribution >= 0.6 is 0 Å². The number of hydrogen-bond acceptors (Lipinski definition) is 4. The van der Waals surface area contributed by atoms with Crippen LogP contribution < -0.4 is 0 Å². The van der Waals surface area contributed by atoms with Crippen molar-refractivity contribution in [2.75, 3.05) is 0 Å². The fourth-order valence-electron chi connectivity index (χ4n) is 5.49. The predicted molar refractivity (Wildman–Crippen MR) is 181 cm³/mol. The molecular formula is C40H39N2O2Pt-. The number of nitrogens with zero attached hydrogens (tertiary/aromatic N) is 2. The van der Waals surface area contributed by atoms with Gasteiger partial charge in [-0.3, -0.25) is 4.98 Å². The third-order valence-corrected chi connectivity index (χ3v) is 8.26. The van der Waals surface area contributed by atoms with Gasteiger partial charge >= 0.3 is 0 Å². The number of benzene rings is 4. The maximum atomic E-state index is 10.4. The van der Waals surface area contributed by atoms with Crippen molar-refractivity contribution in [3.63, 3.8) is 0 Å². The quantitative estimate of drug-likeness (QED) is 0.171. The van der Waals surface area contributed by atoms with E-state index in [0.29, 0.717) is 28.9 Å². The Bertz CT molecular complexity index is 1960. The zero-order valence-electron chi connectivity index (χ0n) is 26.9. The van der Waals surface area contributed by atoms with Gasteiger partial charge in [-0.1, -0.05) is 108 Å². The molecule has 0 radical (unpaired) electrons. The van der Waals surface area contributed by atoms with E-state index in [1.54, 1.807) is 12.1 Å². The summed E-state index contributed by atoms with van der Waals surface area (Å²) in [6, 6.07) is 32.3. The summed E-state index contributed by atoms with van der Waals surface area (Å²) in [5.74, 6) is 1.41. The first-order chi connectivity index (χ1) is 21.0. The molecule has 0 fully saturated rings. The van der Waals surface area contributed by atoms with Crippen molar-refractivity contribution in [1.29, 1.82) is 0 Å². The second-order valence-corrected chi connectivity index (χ2v) is 13.3. The number of aromatic nitrogens is 2. The molecule has 0 saturated heterocycles. The van der Waals surface area contributed by atoms with Crippen LogP contribution in [0, 0.1) is 6.07 Å². The zero-order valence-corrected chi connectivity index (χ0v) is 29.2. The molecule has 0 atom stereocenters. The van der Waals surface area contributed by atoms with E-state index in [-0.39, 0.29) is 32.2 Å². The molecule has 0 aliphatic rings. The SMILES string of the molecule is CC(C)c1cc(-c2ccnc(-c3[c-]c(-c4cccc5oc(-c6ccccc6O)nc45)cc(C(C)(C)C)c3)c2)cc(C(C)C)c1.[Pt]. The first-order valence-corrected chi connectivity index (χ1v) is 15.4. The first-order valence-electron chi connectivity index (χ1n) is 15.4. The van der Waals surface area contributed by atoms with Crippen LogP contribution in [0.25, 0.3) is 56.1 Å². The topological polar surface area (TPSA) is 59.2 Å². The van der Waals surface area contributed by atoms with Crippen LogP contribution in [0.2, 0.25) is 0 Å². The molecule has 0 bridgehead atoms. The average molecular weight is 775 g/mol.